The highest BCUT2D eigenvalue weighted by atomic mass is 19.1. The average molecular weight is 508 g/mol. The summed E-state index contributed by atoms with van der Waals surface area (Å²) in [5.74, 6) is -2.90. The summed E-state index contributed by atoms with van der Waals surface area (Å²) in [7, 11) is 0. The molecule has 192 valence electrons. The molecule has 1 unspecified atom stereocenters. The minimum Gasteiger partial charge on any atom is -0.483 e. The fourth-order valence-electron chi connectivity index (χ4n) is 4.16. The summed E-state index contributed by atoms with van der Waals surface area (Å²) in [6.45, 7) is 4.24. The fraction of sp³-hybridized carbons (Fsp3) is 0.250. The molecule has 0 radical (unpaired) electrons. The lowest BCUT2D eigenvalue weighted by molar-refractivity contribution is 0.0685. The van der Waals surface area contributed by atoms with Crippen LogP contribution in [-0.4, -0.2) is 34.4 Å². The molecule has 9 heteroatoms. The predicted molar refractivity (Wildman–Crippen MR) is 134 cm³/mol. The Labute approximate surface area is 213 Å². The van der Waals surface area contributed by atoms with E-state index in [-0.39, 0.29) is 47.7 Å². The zero-order valence-corrected chi connectivity index (χ0v) is 20.5. The average Bonchev–Trinajstić information content (AvgIpc) is 2.88. The third-order valence-corrected chi connectivity index (χ3v) is 6.13. The van der Waals surface area contributed by atoms with Crippen molar-refractivity contribution in [3.05, 3.63) is 111 Å². The number of benzene rings is 2. The highest BCUT2D eigenvalue weighted by Gasteiger charge is 2.34. The van der Waals surface area contributed by atoms with Crippen LogP contribution in [0.15, 0.2) is 71.7 Å². The lowest BCUT2D eigenvalue weighted by Crippen LogP contribution is -2.45. The molecule has 0 saturated heterocycles. The molecule has 0 bridgehead atoms. The molecular weight excluding hydrogens is 480 g/mol. The van der Waals surface area contributed by atoms with Crippen molar-refractivity contribution in [2.75, 3.05) is 13.1 Å². The van der Waals surface area contributed by atoms with Gasteiger partial charge in [-0.05, 0) is 25.5 Å². The van der Waals surface area contributed by atoms with Crippen molar-refractivity contribution in [2.45, 2.75) is 33.0 Å². The summed E-state index contributed by atoms with van der Waals surface area (Å²) in [4.78, 5) is 41.5. The van der Waals surface area contributed by atoms with Crippen LogP contribution in [0.25, 0.3) is 0 Å². The van der Waals surface area contributed by atoms with Crippen LogP contribution >= 0.6 is 0 Å². The maximum absolute atomic E-state index is 14.0. The molecule has 2 aromatic carbocycles. The Morgan fingerprint density at radius 2 is 1.92 bits per heavy atom. The fourth-order valence-corrected chi connectivity index (χ4v) is 4.16. The first kappa shape index (κ1) is 25.8. The van der Waals surface area contributed by atoms with Crippen LogP contribution in [0.5, 0.6) is 5.75 Å². The van der Waals surface area contributed by atoms with Gasteiger partial charge < -0.3 is 19.5 Å². The molecule has 2 heterocycles. The highest BCUT2D eigenvalue weighted by Crippen LogP contribution is 2.27. The SMILES string of the molecule is C/C=C\CN1CC(C)n2cc(C(=O)NCc3ccc(F)cc3F)c(=O)c(OCc3ccccc3)c2C1=O. The van der Waals surface area contributed by atoms with Gasteiger partial charge in [0.25, 0.3) is 11.8 Å². The number of carbonyl (C=O) groups is 2. The zero-order valence-electron chi connectivity index (χ0n) is 20.5. The maximum atomic E-state index is 14.0. The van der Waals surface area contributed by atoms with Gasteiger partial charge in [-0.3, -0.25) is 14.4 Å². The smallest absolute Gasteiger partial charge is 0.274 e. The van der Waals surface area contributed by atoms with Crippen molar-refractivity contribution in [1.29, 1.82) is 0 Å². The van der Waals surface area contributed by atoms with E-state index in [4.69, 9.17) is 4.74 Å². The summed E-state index contributed by atoms with van der Waals surface area (Å²) < 4.78 is 34.7. The number of nitrogens with one attached hydrogen (secondary N) is 1. The Morgan fingerprint density at radius 1 is 1.16 bits per heavy atom. The van der Waals surface area contributed by atoms with Gasteiger partial charge in [-0.25, -0.2) is 8.78 Å². The van der Waals surface area contributed by atoms with Gasteiger partial charge in [0.05, 0.1) is 0 Å². The summed E-state index contributed by atoms with van der Waals surface area (Å²) >= 11 is 0. The number of pyridine rings is 1. The summed E-state index contributed by atoms with van der Waals surface area (Å²) in [5.41, 5.74) is -0.0604. The summed E-state index contributed by atoms with van der Waals surface area (Å²) in [5, 5.41) is 2.51. The quantitative estimate of drug-likeness (QED) is 0.463. The number of halogens is 2. The number of allylic oxidation sites excluding steroid dienone is 1. The first-order valence-corrected chi connectivity index (χ1v) is 11.9. The second-order valence-corrected chi connectivity index (χ2v) is 8.78. The molecule has 1 aliphatic rings. The molecule has 2 amide bonds. The molecule has 0 aliphatic carbocycles. The second-order valence-electron chi connectivity index (χ2n) is 8.78. The van der Waals surface area contributed by atoms with Crippen molar-refractivity contribution in [3.63, 3.8) is 0 Å². The molecule has 4 rings (SSSR count). The van der Waals surface area contributed by atoms with Crippen LogP contribution in [0.3, 0.4) is 0 Å². The van der Waals surface area contributed by atoms with Crippen LogP contribution in [0.1, 0.15) is 51.9 Å². The molecule has 3 aromatic rings. The van der Waals surface area contributed by atoms with E-state index in [0.717, 1.165) is 17.7 Å². The van der Waals surface area contributed by atoms with Gasteiger partial charge in [0.15, 0.2) is 11.4 Å². The molecule has 0 saturated carbocycles. The van der Waals surface area contributed by atoms with E-state index in [1.54, 1.807) is 9.47 Å². The number of nitrogens with zero attached hydrogens (tertiary/aromatic N) is 2. The second kappa shape index (κ2) is 11.2. The Kier molecular flexibility index (Phi) is 7.81. The number of aromatic nitrogens is 1. The van der Waals surface area contributed by atoms with Crippen molar-refractivity contribution in [1.82, 2.24) is 14.8 Å². The summed E-state index contributed by atoms with van der Waals surface area (Å²) in [6.07, 6.45) is 5.03. The van der Waals surface area contributed by atoms with Crippen LogP contribution in [0.4, 0.5) is 8.78 Å². The Morgan fingerprint density at radius 3 is 2.62 bits per heavy atom. The van der Waals surface area contributed by atoms with Gasteiger partial charge in [-0.15, -0.1) is 0 Å². The van der Waals surface area contributed by atoms with Crippen LogP contribution < -0.4 is 15.5 Å². The topological polar surface area (TPSA) is 80.6 Å². The van der Waals surface area contributed by atoms with Crippen molar-refractivity contribution < 1.29 is 23.1 Å². The van der Waals surface area contributed by atoms with Crippen molar-refractivity contribution >= 4 is 11.8 Å². The number of hydrogen-bond donors (Lipinski definition) is 1. The molecule has 1 N–H and O–H groups in total. The molecule has 0 spiro atoms. The van der Waals surface area contributed by atoms with Gasteiger partial charge in [-0.1, -0.05) is 48.6 Å². The molecule has 7 nitrogen and oxygen atoms in total. The molecular formula is C28H27F2N3O4. The number of hydrogen-bond acceptors (Lipinski definition) is 4. The van der Waals surface area contributed by atoms with E-state index in [1.807, 2.05) is 56.3 Å². The summed E-state index contributed by atoms with van der Waals surface area (Å²) in [6, 6.07) is 11.9. The normalized spacial score (nSPS) is 15.1. The molecule has 0 fully saturated rings. The van der Waals surface area contributed by atoms with Crippen molar-refractivity contribution in [2.24, 2.45) is 0 Å². The Bertz CT molecular complexity index is 1400. The van der Waals surface area contributed by atoms with Crippen LogP contribution in [-0.2, 0) is 13.2 Å². The van der Waals surface area contributed by atoms with Gasteiger partial charge in [0.1, 0.15) is 23.8 Å². The minimum atomic E-state index is -0.810. The lowest BCUT2D eigenvalue weighted by Gasteiger charge is -2.35. The molecule has 37 heavy (non-hydrogen) atoms. The number of rotatable bonds is 8. The number of fused-ring (bicyclic) bond motifs is 1. The largest absolute Gasteiger partial charge is 0.483 e. The third-order valence-electron chi connectivity index (χ3n) is 6.13. The maximum Gasteiger partial charge on any atom is 0.274 e. The third kappa shape index (κ3) is 5.61. The number of amides is 2. The number of ether oxygens (including phenoxy) is 1. The van der Waals surface area contributed by atoms with Crippen LogP contribution in [0.2, 0.25) is 0 Å². The molecule has 1 aliphatic heterocycles. The van der Waals surface area contributed by atoms with Gasteiger partial charge in [0, 0.05) is 43.5 Å². The van der Waals surface area contributed by atoms with Gasteiger partial charge >= 0.3 is 0 Å². The molecule has 1 aromatic heterocycles. The lowest BCUT2D eigenvalue weighted by atomic mass is 10.1. The Balaban J connectivity index is 1.71. The van der Waals surface area contributed by atoms with Gasteiger partial charge in [0.2, 0.25) is 5.43 Å². The zero-order chi connectivity index (χ0) is 26.5. The van der Waals surface area contributed by atoms with Crippen LogP contribution in [0, 0.1) is 11.6 Å². The van der Waals surface area contributed by atoms with E-state index in [0.29, 0.717) is 13.1 Å². The standard InChI is InChI=1S/C28H27F2N3O4/c1-3-4-12-32-15-18(2)33-16-22(27(35)31-14-20-10-11-21(29)13-23(20)30)25(34)26(24(33)28(32)36)37-17-19-8-6-5-7-9-19/h3-11,13,16,18H,12,14-15,17H2,1-2H3,(H,31,35)/b4-3-. The predicted octanol–water partition coefficient (Wildman–Crippen LogP) is 4.23. The van der Waals surface area contributed by atoms with E-state index in [2.05, 4.69) is 5.32 Å². The van der Waals surface area contributed by atoms with E-state index >= 15 is 0 Å². The first-order valence-electron chi connectivity index (χ1n) is 11.9. The molecule has 1 atom stereocenters. The van der Waals surface area contributed by atoms with E-state index in [1.165, 1.54) is 12.3 Å². The van der Waals surface area contributed by atoms with E-state index < -0.39 is 23.0 Å². The highest BCUT2D eigenvalue weighted by molar-refractivity contribution is 5.99. The minimum absolute atomic E-state index is 0.0193. The first-order chi connectivity index (χ1) is 17.8. The number of carbonyl (C=O) groups excluding carboxylic acids is 2. The Hall–Kier alpha value is -4.27. The van der Waals surface area contributed by atoms with Crippen molar-refractivity contribution in [3.8, 4) is 5.75 Å². The monoisotopic (exact) mass is 507 g/mol. The van der Waals surface area contributed by atoms with Gasteiger partial charge in [-0.2, -0.15) is 0 Å². The van der Waals surface area contributed by atoms with E-state index in [9.17, 15) is 23.2 Å².